The number of hydrogen-bond acceptors (Lipinski definition) is 2. The van der Waals surface area contributed by atoms with Crippen molar-refractivity contribution in [3.63, 3.8) is 0 Å². The van der Waals surface area contributed by atoms with Crippen LogP contribution in [0, 0.1) is 5.92 Å². The molecule has 24 heavy (non-hydrogen) atoms. The number of fused-ring (bicyclic) bond motifs is 1. The average molecular weight is 345 g/mol. The highest BCUT2D eigenvalue weighted by molar-refractivity contribution is 6.35. The number of carbonyl (C=O) groups excluding carboxylic acids is 1. The fourth-order valence-corrected chi connectivity index (χ4v) is 3.80. The Hall–Kier alpha value is -1.61. The molecule has 0 spiro atoms. The summed E-state index contributed by atoms with van der Waals surface area (Å²) in [4.78, 5) is 17.1. The highest BCUT2D eigenvalue weighted by Gasteiger charge is 2.18. The van der Waals surface area contributed by atoms with E-state index in [-0.39, 0.29) is 5.91 Å². The lowest BCUT2D eigenvalue weighted by atomic mass is 9.87. The van der Waals surface area contributed by atoms with Crippen molar-refractivity contribution in [2.45, 2.75) is 58.3 Å². The van der Waals surface area contributed by atoms with E-state index in [1.54, 1.807) is 0 Å². The summed E-state index contributed by atoms with van der Waals surface area (Å²) in [7, 11) is 0. The number of hydrogen-bond donors (Lipinski definition) is 1. The number of pyridine rings is 1. The Bertz CT molecular complexity index is 723. The van der Waals surface area contributed by atoms with Gasteiger partial charge in [0.2, 0.25) is 5.91 Å². The smallest absolute Gasteiger partial charge is 0.224 e. The molecule has 3 rings (SSSR count). The zero-order valence-electron chi connectivity index (χ0n) is 14.3. The summed E-state index contributed by atoms with van der Waals surface area (Å²) in [6, 6.07) is 7.80. The first kappa shape index (κ1) is 17.2. The Balaban J connectivity index is 1.79. The molecule has 1 aromatic carbocycles. The van der Waals surface area contributed by atoms with Crippen molar-refractivity contribution in [2.75, 3.05) is 5.32 Å². The van der Waals surface area contributed by atoms with Gasteiger partial charge >= 0.3 is 0 Å². The molecule has 0 unspecified atom stereocenters. The SMILES string of the molecule is CCCc1ccc2c(NC(=O)CC3CCCCC3)c(Cl)ccc2n1. The quantitative estimate of drug-likeness (QED) is 0.750. The van der Waals surface area contributed by atoms with Gasteiger partial charge in [0.05, 0.1) is 16.2 Å². The lowest BCUT2D eigenvalue weighted by molar-refractivity contribution is -0.117. The molecule has 0 atom stereocenters. The maximum absolute atomic E-state index is 12.5. The number of nitrogens with zero attached hydrogens (tertiary/aromatic N) is 1. The van der Waals surface area contributed by atoms with E-state index in [9.17, 15) is 4.79 Å². The summed E-state index contributed by atoms with van der Waals surface area (Å²) >= 11 is 6.35. The standard InChI is InChI=1S/C20H25ClN2O/c1-2-6-15-9-10-16-18(22-15)12-11-17(21)20(16)23-19(24)13-14-7-4-3-5-8-14/h9-12,14H,2-8,13H2,1H3,(H,23,24). The summed E-state index contributed by atoms with van der Waals surface area (Å²) in [5, 5.41) is 4.53. The van der Waals surface area contributed by atoms with Gasteiger partial charge in [-0.15, -0.1) is 0 Å². The Morgan fingerprint density at radius 3 is 2.75 bits per heavy atom. The van der Waals surface area contributed by atoms with Gasteiger partial charge in [-0.05, 0) is 49.4 Å². The summed E-state index contributed by atoms with van der Waals surface area (Å²) < 4.78 is 0. The molecule has 1 aliphatic carbocycles. The number of aryl methyl sites for hydroxylation is 1. The van der Waals surface area contributed by atoms with Crippen LogP contribution in [-0.4, -0.2) is 10.9 Å². The van der Waals surface area contributed by atoms with Crippen LogP contribution in [0.25, 0.3) is 10.9 Å². The first-order valence-corrected chi connectivity index (χ1v) is 9.43. The maximum Gasteiger partial charge on any atom is 0.224 e. The fraction of sp³-hybridized carbons (Fsp3) is 0.500. The molecule has 1 aromatic heterocycles. The minimum atomic E-state index is 0.0638. The van der Waals surface area contributed by atoms with Gasteiger partial charge in [-0.2, -0.15) is 0 Å². The second-order valence-electron chi connectivity index (χ2n) is 6.80. The highest BCUT2D eigenvalue weighted by Crippen LogP contribution is 2.32. The number of amides is 1. The van der Waals surface area contributed by atoms with Gasteiger partial charge in [0.15, 0.2) is 0 Å². The topological polar surface area (TPSA) is 42.0 Å². The third kappa shape index (κ3) is 4.07. The molecule has 0 radical (unpaired) electrons. The van der Waals surface area contributed by atoms with Crippen molar-refractivity contribution in [3.05, 3.63) is 35.0 Å². The number of benzene rings is 1. The van der Waals surface area contributed by atoms with Gasteiger partial charge in [0.1, 0.15) is 0 Å². The Morgan fingerprint density at radius 2 is 2.00 bits per heavy atom. The molecule has 3 nitrogen and oxygen atoms in total. The fourth-order valence-electron chi connectivity index (χ4n) is 3.59. The molecule has 128 valence electrons. The molecule has 4 heteroatoms. The molecule has 1 amide bonds. The molecule has 1 fully saturated rings. The van der Waals surface area contributed by atoms with Crippen molar-refractivity contribution < 1.29 is 4.79 Å². The van der Waals surface area contributed by atoms with Gasteiger partial charge in [0.25, 0.3) is 0 Å². The van der Waals surface area contributed by atoms with Crippen molar-refractivity contribution in [1.82, 2.24) is 4.98 Å². The number of nitrogens with one attached hydrogen (secondary N) is 1. The van der Waals surface area contributed by atoms with Gasteiger partial charge in [-0.1, -0.05) is 44.2 Å². The zero-order chi connectivity index (χ0) is 16.9. The summed E-state index contributed by atoms with van der Waals surface area (Å²) in [6.07, 6.45) is 8.75. The third-order valence-electron chi connectivity index (χ3n) is 4.85. The predicted octanol–water partition coefficient (Wildman–Crippen LogP) is 5.75. The van der Waals surface area contributed by atoms with Crippen LogP contribution in [0.3, 0.4) is 0 Å². The number of anilines is 1. The van der Waals surface area contributed by atoms with Crippen molar-refractivity contribution in [3.8, 4) is 0 Å². The van der Waals surface area contributed by atoms with Crippen LogP contribution in [0.15, 0.2) is 24.3 Å². The summed E-state index contributed by atoms with van der Waals surface area (Å²) in [6.45, 7) is 2.14. The Labute approximate surface area is 148 Å². The Kier molecular flexibility index (Phi) is 5.72. The number of rotatable bonds is 5. The molecule has 1 aliphatic rings. The molecular weight excluding hydrogens is 320 g/mol. The van der Waals surface area contributed by atoms with Crippen molar-refractivity contribution >= 4 is 34.1 Å². The van der Waals surface area contributed by atoms with Crippen LogP contribution in [0.2, 0.25) is 5.02 Å². The highest BCUT2D eigenvalue weighted by atomic mass is 35.5. The predicted molar refractivity (Wildman–Crippen MR) is 101 cm³/mol. The van der Waals surface area contributed by atoms with Crippen molar-refractivity contribution in [1.29, 1.82) is 0 Å². The van der Waals surface area contributed by atoms with E-state index in [4.69, 9.17) is 11.6 Å². The van der Waals surface area contributed by atoms with E-state index < -0.39 is 0 Å². The maximum atomic E-state index is 12.5. The first-order chi connectivity index (χ1) is 11.7. The van der Waals surface area contributed by atoms with Crippen LogP contribution in [0.1, 0.15) is 57.6 Å². The van der Waals surface area contributed by atoms with Crippen LogP contribution in [0.4, 0.5) is 5.69 Å². The van der Waals surface area contributed by atoms with Gasteiger partial charge < -0.3 is 5.32 Å². The lowest BCUT2D eigenvalue weighted by Gasteiger charge is -2.21. The number of aromatic nitrogens is 1. The molecule has 1 N–H and O–H groups in total. The normalized spacial score (nSPS) is 15.6. The van der Waals surface area contributed by atoms with E-state index >= 15 is 0 Å². The van der Waals surface area contributed by atoms with Crippen molar-refractivity contribution in [2.24, 2.45) is 5.92 Å². The minimum absolute atomic E-state index is 0.0638. The van der Waals surface area contributed by atoms with E-state index in [1.807, 2.05) is 24.3 Å². The van der Waals surface area contributed by atoms with Gasteiger partial charge in [0, 0.05) is 17.5 Å². The number of carbonyl (C=O) groups is 1. The molecule has 0 bridgehead atoms. The summed E-state index contributed by atoms with van der Waals surface area (Å²) in [5.74, 6) is 0.579. The second-order valence-corrected chi connectivity index (χ2v) is 7.21. The third-order valence-corrected chi connectivity index (χ3v) is 5.16. The average Bonchev–Trinajstić information content (AvgIpc) is 2.59. The molecule has 1 heterocycles. The summed E-state index contributed by atoms with van der Waals surface area (Å²) in [5.41, 5.74) is 2.66. The Morgan fingerprint density at radius 1 is 1.21 bits per heavy atom. The van der Waals surface area contributed by atoms with Gasteiger partial charge in [-0.3, -0.25) is 9.78 Å². The van der Waals surface area contributed by atoms with Gasteiger partial charge in [-0.25, -0.2) is 0 Å². The van der Waals surface area contributed by atoms with E-state index in [0.29, 0.717) is 23.0 Å². The molecule has 0 saturated heterocycles. The van der Waals surface area contributed by atoms with Crippen LogP contribution >= 0.6 is 11.6 Å². The lowest BCUT2D eigenvalue weighted by Crippen LogP contribution is -2.18. The minimum Gasteiger partial charge on any atom is -0.324 e. The van der Waals surface area contributed by atoms with E-state index in [2.05, 4.69) is 17.2 Å². The van der Waals surface area contributed by atoms with E-state index in [0.717, 1.165) is 29.4 Å². The number of halogens is 1. The van der Waals surface area contributed by atoms with Crippen LogP contribution in [-0.2, 0) is 11.2 Å². The molecule has 2 aromatic rings. The van der Waals surface area contributed by atoms with E-state index in [1.165, 1.54) is 32.1 Å². The van der Waals surface area contributed by atoms with Crippen LogP contribution < -0.4 is 5.32 Å². The first-order valence-electron chi connectivity index (χ1n) is 9.05. The van der Waals surface area contributed by atoms with Crippen LogP contribution in [0.5, 0.6) is 0 Å². The molecule has 0 aliphatic heterocycles. The monoisotopic (exact) mass is 344 g/mol. The largest absolute Gasteiger partial charge is 0.324 e. The molecular formula is C20H25ClN2O. The zero-order valence-corrected chi connectivity index (χ0v) is 15.0. The second kappa shape index (κ2) is 7.98. The molecule has 1 saturated carbocycles.